The van der Waals surface area contributed by atoms with Crippen molar-refractivity contribution in [3.05, 3.63) is 53.5 Å². The first-order valence-electron chi connectivity index (χ1n) is 6.22. The molecule has 4 nitrogen and oxygen atoms in total. The van der Waals surface area contributed by atoms with Crippen LogP contribution in [0.5, 0.6) is 0 Å². The van der Waals surface area contributed by atoms with Gasteiger partial charge in [-0.3, -0.25) is 0 Å². The van der Waals surface area contributed by atoms with Crippen molar-refractivity contribution in [3.63, 3.8) is 0 Å². The molecule has 0 amide bonds. The zero-order valence-corrected chi connectivity index (χ0v) is 11.1. The minimum Gasteiger partial charge on any atom is -0.463 e. The number of aryl methyl sites for hydroxylation is 1. The molecule has 100 valence electrons. The summed E-state index contributed by atoms with van der Waals surface area (Å²) in [6.07, 6.45) is 1.03. The Morgan fingerprint density at radius 1 is 1.21 bits per heavy atom. The molecule has 0 unspecified atom stereocenters. The van der Waals surface area contributed by atoms with E-state index < -0.39 is 5.97 Å². The zero-order chi connectivity index (χ0) is 13.7. The maximum absolute atomic E-state index is 11.2. The second kappa shape index (κ2) is 6.09. The Hall–Kier alpha value is -2.23. The lowest BCUT2D eigenvalue weighted by atomic mass is 10.1. The maximum Gasteiger partial charge on any atom is 0.373 e. The van der Waals surface area contributed by atoms with Crippen molar-refractivity contribution < 1.29 is 13.9 Å². The average molecular weight is 259 g/mol. The van der Waals surface area contributed by atoms with E-state index in [2.05, 4.69) is 29.1 Å². The lowest BCUT2D eigenvalue weighted by Crippen LogP contribution is -2.00. The number of methoxy groups -OCH3 is 1. The van der Waals surface area contributed by atoms with Crippen molar-refractivity contribution in [1.82, 2.24) is 0 Å². The summed E-state index contributed by atoms with van der Waals surface area (Å²) in [6.45, 7) is 2.65. The van der Waals surface area contributed by atoms with E-state index in [1.807, 2.05) is 12.1 Å². The van der Waals surface area contributed by atoms with E-state index >= 15 is 0 Å². The largest absolute Gasteiger partial charge is 0.463 e. The Kier molecular flexibility index (Phi) is 4.23. The lowest BCUT2D eigenvalue weighted by Gasteiger charge is -2.05. The Balaban J connectivity index is 1.94. The van der Waals surface area contributed by atoms with Crippen LogP contribution in [-0.4, -0.2) is 13.1 Å². The minimum atomic E-state index is -0.460. The number of rotatable bonds is 5. The first kappa shape index (κ1) is 13.2. The maximum atomic E-state index is 11.2. The molecule has 0 saturated carbocycles. The molecule has 1 heterocycles. The third-order valence-corrected chi connectivity index (χ3v) is 2.88. The predicted octanol–water partition coefficient (Wildman–Crippen LogP) is 3.24. The van der Waals surface area contributed by atoms with Gasteiger partial charge in [-0.1, -0.05) is 19.1 Å². The highest BCUT2D eigenvalue weighted by Gasteiger charge is 2.10. The number of carbonyl (C=O) groups excluding carboxylic acids is 1. The number of hydrogen-bond acceptors (Lipinski definition) is 4. The van der Waals surface area contributed by atoms with Crippen molar-refractivity contribution in [3.8, 4) is 0 Å². The average Bonchev–Trinajstić information content (AvgIpc) is 2.93. The van der Waals surface area contributed by atoms with Crippen LogP contribution in [0.2, 0.25) is 0 Å². The van der Waals surface area contributed by atoms with Crippen molar-refractivity contribution in [2.24, 2.45) is 0 Å². The van der Waals surface area contributed by atoms with Gasteiger partial charge >= 0.3 is 5.97 Å². The summed E-state index contributed by atoms with van der Waals surface area (Å²) in [5.74, 6) is 0.458. The van der Waals surface area contributed by atoms with Gasteiger partial charge in [0, 0.05) is 5.69 Å². The van der Waals surface area contributed by atoms with Gasteiger partial charge in [-0.25, -0.2) is 4.79 Å². The van der Waals surface area contributed by atoms with Crippen LogP contribution in [0, 0.1) is 0 Å². The van der Waals surface area contributed by atoms with Crippen LogP contribution in [0.4, 0.5) is 5.69 Å². The van der Waals surface area contributed by atoms with Gasteiger partial charge in [-0.05, 0) is 36.2 Å². The highest BCUT2D eigenvalue weighted by molar-refractivity contribution is 5.86. The van der Waals surface area contributed by atoms with E-state index in [0.29, 0.717) is 12.3 Å². The third kappa shape index (κ3) is 3.37. The van der Waals surface area contributed by atoms with E-state index in [4.69, 9.17) is 4.42 Å². The van der Waals surface area contributed by atoms with Crippen LogP contribution in [0.25, 0.3) is 0 Å². The molecular weight excluding hydrogens is 242 g/mol. The quantitative estimate of drug-likeness (QED) is 0.837. The molecule has 2 aromatic rings. The van der Waals surface area contributed by atoms with Gasteiger partial charge in [-0.2, -0.15) is 0 Å². The topological polar surface area (TPSA) is 51.5 Å². The van der Waals surface area contributed by atoms with Crippen LogP contribution >= 0.6 is 0 Å². The molecule has 0 saturated heterocycles. The van der Waals surface area contributed by atoms with Gasteiger partial charge in [0.2, 0.25) is 5.76 Å². The van der Waals surface area contributed by atoms with Crippen LogP contribution in [0.1, 0.15) is 28.8 Å². The fraction of sp³-hybridized carbons (Fsp3) is 0.267. The van der Waals surface area contributed by atoms with Crippen LogP contribution < -0.4 is 5.32 Å². The summed E-state index contributed by atoms with van der Waals surface area (Å²) in [7, 11) is 1.33. The van der Waals surface area contributed by atoms with Gasteiger partial charge < -0.3 is 14.5 Å². The van der Waals surface area contributed by atoms with E-state index in [-0.39, 0.29) is 5.76 Å². The number of nitrogens with one attached hydrogen (secondary N) is 1. The summed E-state index contributed by atoms with van der Waals surface area (Å²) >= 11 is 0. The molecular formula is C15H17NO3. The molecule has 19 heavy (non-hydrogen) atoms. The minimum absolute atomic E-state index is 0.223. The standard InChI is InChI=1S/C15H17NO3/c1-3-11-4-6-12(7-5-11)16-10-13-8-9-14(19-13)15(17)18-2/h4-9,16H,3,10H2,1-2H3. The van der Waals surface area contributed by atoms with Gasteiger partial charge in [-0.15, -0.1) is 0 Å². The van der Waals surface area contributed by atoms with Crippen molar-refractivity contribution >= 4 is 11.7 Å². The lowest BCUT2D eigenvalue weighted by molar-refractivity contribution is 0.0563. The molecule has 1 aromatic carbocycles. The Morgan fingerprint density at radius 2 is 1.95 bits per heavy atom. The molecule has 1 aromatic heterocycles. The molecule has 0 fully saturated rings. The molecule has 0 spiro atoms. The predicted molar refractivity (Wildman–Crippen MR) is 73.2 cm³/mol. The Morgan fingerprint density at radius 3 is 2.58 bits per heavy atom. The fourth-order valence-electron chi connectivity index (χ4n) is 1.73. The molecule has 2 rings (SSSR count). The number of furan rings is 1. The molecule has 0 atom stereocenters. The monoisotopic (exact) mass is 259 g/mol. The molecule has 0 bridgehead atoms. The number of hydrogen-bond donors (Lipinski definition) is 1. The molecule has 1 N–H and O–H groups in total. The zero-order valence-electron chi connectivity index (χ0n) is 11.1. The van der Waals surface area contributed by atoms with E-state index in [9.17, 15) is 4.79 Å². The summed E-state index contributed by atoms with van der Waals surface area (Å²) in [5.41, 5.74) is 2.32. The summed E-state index contributed by atoms with van der Waals surface area (Å²) in [4.78, 5) is 11.2. The second-order valence-electron chi connectivity index (χ2n) is 4.16. The molecule has 0 radical (unpaired) electrons. The van der Waals surface area contributed by atoms with Gasteiger partial charge in [0.15, 0.2) is 0 Å². The first-order valence-corrected chi connectivity index (χ1v) is 6.22. The summed E-state index contributed by atoms with van der Waals surface area (Å²) < 4.78 is 9.95. The van der Waals surface area contributed by atoms with Crippen molar-refractivity contribution in [2.75, 3.05) is 12.4 Å². The molecule has 0 aliphatic carbocycles. The fourth-order valence-corrected chi connectivity index (χ4v) is 1.73. The highest BCUT2D eigenvalue weighted by Crippen LogP contribution is 2.14. The number of esters is 1. The van der Waals surface area contributed by atoms with E-state index in [1.54, 1.807) is 12.1 Å². The normalized spacial score (nSPS) is 10.2. The van der Waals surface area contributed by atoms with Crippen LogP contribution in [0.15, 0.2) is 40.8 Å². The summed E-state index contributed by atoms with van der Waals surface area (Å²) in [6, 6.07) is 11.6. The number of benzene rings is 1. The summed E-state index contributed by atoms with van der Waals surface area (Å²) in [5, 5.41) is 3.24. The van der Waals surface area contributed by atoms with Crippen molar-refractivity contribution in [2.45, 2.75) is 19.9 Å². The van der Waals surface area contributed by atoms with Gasteiger partial charge in [0.25, 0.3) is 0 Å². The van der Waals surface area contributed by atoms with Crippen molar-refractivity contribution in [1.29, 1.82) is 0 Å². The van der Waals surface area contributed by atoms with E-state index in [0.717, 1.165) is 12.1 Å². The number of anilines is 1. The molecule has 4 heteroatoms. The van der Waals surface area contributed by atoms with Crippen LogP contribution in [0.3, 0.4) is 0 Å². The number of carbonyl (C=O) groups is 1. The molecule has 0 aliphatic heterocycles. The third-order valence-electron chi connectivity index (χ3n) is 2.88. The number of ether oxygens (including phenoxy) is 1. The first-order chi connectivity index (χ1) is 9.22. The SMILES string of the molecule is CCc1ccc(NCc2ccc(C(=O)OC)o2)cc1. The van der Waals surface area contributed by atoms with Crippen LogP contribution in [-0.2, 0) is 17.7 Å². The smallest absolute Gasteiger partial charge is 0.373 e. The Bertz CT molecular complexity index is 543. The highest BCUT2D eigenvalue weighted by atomic mass is 16.5. The Labute approximate surface area is 112 Å². The molecule has 0 aliphatic rings. The second-order valence-corrected chi connectivity index (χ2v) is 4.16. The van der Waals surface area contributed by atoms with Gasteiger partial charge in [0.1, 0.15) is 5.76 Å². The van der Waals surface area contributed by atoms with E-state index in [1.165, 1.54) is 12.7 Å². The van der Waals surface area contributed by atoms with Gasteiger partial charge in [0.05, 0.1) is 13.7 Å².